The second-order valence-electron chi connectivity index (χ2n) is 4.26. The van der Waals surface area contributed by atoms with E-state index in [1.54, 1.807) is 0 Å². The monoisotopic (exact) mass is 244 g/mol. The molecule has 0 fully saturated rings. The fourth-order valence-electron chi connectivity index (χ4n) is 1.69. The van der Waals surface area contributed by atoms with Crippen LogP contribution in [-0.2, 0) is 17.8 Å². The van der Waals surface area contributed by atoms with Gasteiger partial charge in [-0.25, -0.2) is 0 Å². The van der Waals surface area contributed by atoms with Gasteiger partial charge in [0.2, 0.25) is 0 Å². The maximum atomic E-state index is 10.4. The average molecular weight is 244 g/mol. The van der Waals surface area contributed by atoms with Gasteiger partial charge in [-0.3, -0.25) is 0 Å². The summed E-state index contributed by atoms with van der Waals surface area (Å²) in [5.74, 6) is 2.52. The maximum Gasteiger partial charge on any atom is 0.146 e. The minimum atomic E-state index is 0.418. The summed E-state index contributed by atoms with van der Waals surface area (Å²) in [6.07, 6.45) is 1.33. The summed E-state index contributed by atoms with van der Waals surface area (Å²) in [7, 11) is 0. The number of aldehydes is 1. The molecule has 0 unspecified atom stereocenters. The molecular formula is C15H16O3. The normalized spacial score (nSPS) is 10.3. The quantitative estimate of drug-likeness (QED) is 0.758. The van der Waals surface area contributed by atoms with Gasteiger partial charge < -0.3 is 13.9 Å². The van der Waals surface area contributed by atoms with Gasteiger partial charge in [0.1, 0.15) is 30.2 Å². The molecule has 0 aliphatic rings. The molecule has 0 saturated heterocycles. The average Bonchev–Trinajstić information content (AvgIpc) is 2.68. The first-order valence-corrected chi connectivity index (χ1v) is 5.90. The second-order valence-corrected chi connectivity index (χ2v) is 4.26. The van der Waals surface area contributed by atoms with Crippen molar-refractivity contribution in [3.8, 4) is 5.75 Å². The van der Waals surface area contributed by atoms with Crippen LogP contribution in [-0.4, -0.2) is 6.29 Å². The largest absolute Gasteiger partial charge is 0.486 e. The summed E-state index contributed by atoms with van der Waals surface area (Å²) in [6, 6.07) is 9.49. The van der Waals surface area contributed by atoms with Crippen LogP contribution in [0.25, 0.3) is 0 Å². The van der Waals surface area contributed by atoms with Crippen molar-refractivity contribution in [3.05, 3.63) is 53.0 Å². The molecule has 0 amide bonds. The topological polar surface area (TPSA) is 39.4 Å². The molecule has 18 heavy (non-hydrogen) atoms. The van der Waals surface area contributed by atoms with E-state index in [4.69, 9.17) is 9.15 Å². The predicted octanol–water partition coefficient (Wildman–Crippen LogP) is 3.22. The number of carbonyl (C=O) groups excluding carboxylic acids is 1. The Kier molecular flexibility index (Phi) is 3.82. The predicted molar refractivity (Wildman–Crippen MR) is 68.7 cm³/mol. The van der Waals surface area contributed by atoms with E-state index in [2.05, 4.69) is 0 Å². The molecule has 94 valence electrons. The van der Waals surface area contributed by atoms with Crippen LogP contribution in [0.3, 0.4) is 0 Å². The molecule has 0 aliphatic heterocycles. The number of ether oxygens (including phenoxy) is 1. The molecule has 0 atom stereocenters. The summed E-state index contributed by atoms with van der Waals surface area (Å²) < 4.78 is 11.1. The van der Waals surface area contributed by atoms with Crippen molar-refractivity contribution in [2.45, 2.75) is 26.9 Å². The van der Waals surface area contributed by atoms with Crippen LogP contribution < -0.4 is 4.74 Å². The van der Waals surface area contributed by atoms with E-state index in [1.807, 2.05) is 44.2 Å². The molecule has 2 rings (SSSR count). The molecule has 3 nitrogen and oxygen atoms in total. The van der Waals surface area contributed by atoms with Crippen LogP contribution in [0.5, 0.6) is 5.75 Å². The molecule has 0 N–H and O–H groups in total. The van der Waals surface area contributed by atoms with Crippen molar-refractivity contribution in [1.82, 2.24) is 0 Å². The van der Waals surface area contributed by atoms with E-state index >= 15 is 0 Å². The molecule has 1 aromatic heterocycles. The molecule has 3 heteroatoms. The Bertz CT molecular complexity index is 504. The third kappa shape index (κ3) is 3.00. The minimum Gasteiger partial charge on any atom is -0.486 e. The van der Waals surface area contributed by atoms with Gasteiger partial charge in [-0.05, 0) is 43.2 Å². The maximum absolute atomic E-state index is 10.4. The van der Waals surface area contributed by atoms with Gasteiger partial charge in [-0.2, -0.15) is 0 Å². The number of furan rings is 1. The third-order valence-corrected chi connectivity index (χ3v) is 2.84. The Morgan fingerprint density at radius 2 is 1.94 bits per heavy atom. The fourth-order valence-corrected chi connectivity index (χ4v) is 1.69. The third-order valence-electron chi connectivity index (χ3n) is 2.84. The summed E-state index contributed by atoms with van der Waals surface area (Å²) in [4.78, 5) is 10.4. The first-order chi connectivity index (χ1) is 8.69. The highest BCUT2D eigenvalue weighted by Crippen LogP contribution is 2.17. The summed E-state index contributed by atoms with van der Waals surface area (Å²) in [6.45, 7) is 4.37. The molecular weight excluding hydrogens is 228 g/mol. The molecule has 0 aliphatic carbocycles. The number of aryl methyl sites for hydroxylation is 2. The Balaban J connectivity index is 1.95. The Hall–Kier alpha value is -2.03. The molecule has 0 bridgehead atoms. The van der Waals surface area contributed by atoms with Crippen molar-refractivity contribution in [1.29, 1.82) is 0 Å². The SMILES string of the molecule is Cc1cc(COc2ccc(CC=O)cc2)oc1C. The van der Waals surface area contributed by atoms with Gasteiger partial charge in [-0.15, -0.1) is 0 Å². The van der Waals surface area contributed by atoms with Gasteiger partial charge in [0.15, 0.2) is 0 Å². The first kappa shape index (κ1) is 12.4. The van der Waals surface area contributed by atoms with Crippen molar-refractivity contribution < 1.29 is 13.9 Å². The van der Waals surface area contributed by atoms with Crippen molar-refractivity contribution in [2.75, 3.05) is 0 Å². The number of rotatable bonds is 5. The van der Waals surface area contributed by atoms with E-state index in [0.29, 0.717) is 13.0 Å². The van der Waals surface area contributed by atoms with Gasteiger partial charge in [0.25, 0.3) is 0 Å². The Labute approximate surface area is 106 Å². The zero-order chi connectivity index (χ0) is 13.0. The standard InChI is InChI=1S/C15H16O3/c1-11-9-15(18-12(11)2)10-17-14-5-3-13(4-6-14)7-8-16/h3-6,8-9H,7,10H2,1-2H3. The molecule has 0 saturated carbocycles. The number of benzene rings is 1. The number of hydrogen-bond acceptors (Lipinski definition) is 3. The summed E-state index contributed by atoms with van der Waals surface area (Å²) in [5, 5.41) is 0. The summed E-state index contributed by atoms with van der Waals surface area (Å²) >= 11 is 0. The lowest BCUT2D eigenvalue weighted by molar-refractivity contribution is -0.107. The minimum absolute atomic E-state index is 0.418. The van der Waals surface area contributed by atoms with E-state index in [9.17, 15) is 4.79 Å². The van der Waals surface area contributed by atoms with E-state index in [1.165, 1.54) is 0 Å². The van der Waals surface area contributed by atoms with Crippen LogP contribution in [0.15, 0.2) is 34.7 Å². The van der Waals surface area contributed by atoms with E-state index in [0.717, 1.165) is 34.7 Å². The highest BCUT2D eigenvalue weighted by molar-refractivity contribution is 5.55. The van der Waals surface area contributed by atoms with Gasteiger partial charge >= 0.3 is 0 Å². The highest BCUT2D eigenvalue weighted by Gasteiger charge is 2.04. The molecule has 1 aromatic carbocycles. The zero-order valence-corrected chi connectivity index (χ0v) is 10.6. The van der Waals surface area contributed by atoms with E-state index < -0.39 is 0 Å². The van der Waals surface area contributed by atoms with Crippen molar-refractivity contribution in [3.63, 3.8) is 0 Å². The van der Waals surface area contributed by atoms with Crippen molar-refractivity contribution in [2.24, 2.45) is 0 Å². The Morgan fingerprint density at radius 1 is 1.22 bits per heavy atom. The number of carbonyl (C=O) groups is 1. The molecule has 1 heterocycles. The van der Waals surface area contributed by atoms with Crippen LogP contribution in [0.2, 0.25) is 0 Å². The smallest absolute Gasteiger partial charge is 0.146 e. The van der Waals surface area contributed by atoms with Crippen molar-refractivity contribution >= 4 is 6.29 Å². The lowest BCUT2D eigenvalue weighted by atomic mass is 10.2. The van der Waals surface area contributed by atoms with Gasteiger partial charge in [0.05, 0.1) is 0 Å². The fraction of sp³-hybridized carbons (Fsp3) is 0.267. The molecule has 0 spiro atoms. The molecule has 2 aromatic rings. The van der Waals surface area contributed by atoms with Crippen LogP contribution in [0.1, 0.15) is 22.6 Å². The first-order valence-electron chi connectivity index (χ1n) is 5.90. The highest BCUT2D eigenvalue weighted by atomic mass is 16.5. The van der Waals surface area contributed by atoms with Gasteiger partial charge in [0, 0.05) is 6.42 Å². The van der Waals surface area contributed by atoms with Crippen LogP contribution >= 0.6 is 0 Å². The number of hydrogen-bond donors (Lipinski definition) is 0. The lowest BCUT2D eigenvalue weighted by Gasteiger charge is -2.04. The zero-order valence-electron chi connectivity index (χ0n) is 10.6. The second kappa shape index (κ2) is 5.54. The lowest BCUT2D eigenvalue weighted by Crippen LogP contribution is -1.94. The van der Waals surface area contributed by atoms with Gasteiger partial charge in [-0.1, -0.05) is 12.1 Å². The van der Waals surface area contributed by atoms with Crippen LogP contribution in [0.4, 0.5) is 0 Å². The van der Waals surface area contributed by atoms with E-state index in [-0.39, 0.29) is 0 Å². The van der Waals surface area contributed by atoms with Crippen LogP contribution in [0, 0.1) is 13.8 Å². The summed E-state index contributed by atoms with van der Waals surface area (Å²) in [5.41, 5.74) is 2.12. The Morgan fingerprint density at radius 3 is 2.50 bits per heavy atom. The molecule has 0 radical (unpaired) electrons.